The number of rotatable bonds is 4. The van der Waals surface area contributed by atoms with E-state index in [0.717, 1.165) is 12.3 Å². The fourth-order valence-corrected chi connectivity index (χ4v) is 2.59. The van der Waals surface area contributed by atoms with Crippen LogP contribution >= 0.6 is 0 Å². The summed E-state index contributed by atoms with van der Waals surface area (Å²) in [5, 5.41) is 2.61. The van der Waals surface area contributed by atoms with Crippen LogP contribution in [0.25, 0.3) is 0 Å². The SMILES string of the molecule is CS(=O)(=O)Nc1cc(NC(=O)C2C=CC(N)C2)ccc1F. The number of benzene rings is 1. The summed E-state index contributed by atoms with van der Waals surface area (Å²) in [7, 11) is -3.60. The van der Waals surface area contributed by atoms with E-state index in [1.54, 1.807) is 12.2 Å². The maximum absolute atomic E-state index is 13.5. The summed E-state index contributed by atoms with van der Waals surface area (Å²) >= 11 is 0. The highest BCUT2D eigenvalue weighted by molar-refractivity contribution is 7.92. The van der Waals surface area contributed by atoms with E-state index < -0.39 is 15.8 Å². The van der Waals surface area contributed by atoms with Gasteiger partial charge in [0.2, 0.25) is 15.9 Å². The molecule has 1 aromatic carbocycles. The lowest BCUT2D eigenvalue weighted by molar-refractivity contribution is -0.118. The molecule has 0 radical (unpaired) electrons. The van der Waals surface area contributed by atoms with Crippen LogP contribution in [0.5, 0.6) is 0 Å². The van der Waals surface area contributed by atoms with Gasteiger partial charge in [0, 0.05) is 11.7 Å². The largest absolute Gasteiger partial charge is 0.326 e. The van der Waals surface area contributed by atoms with Gasteiger partial charge in [-0.2, -0.15) is 0 Å². The molecule has 4 N–H and O–H groups in total. The summed E-state index contributed by atoms with van der Waals surface area (Å²) < 4.78 is 37.9. The minimum atomic E-state index is -3.60. The van der Waals surface area contributed by atoms with Gasteiger partial charge in [0.05, 0.1) is 17.9 Å². The van der Waals surface area contributed by atoms with E-state index in [2.05, 4.69) is 10.0 Å². The minimum absolute atomic E-state index is 0.142. The van der Waals surface area contributed by atoms with Gasteiger partial charge in [0.1, 0.15) is 5.82 Å². The third kappa shape index (κ3) is 4.27. The molecule has 0 saturated heterocycles. The fourth-order valence-electron chi connectivity index (χ4n) is 2.04. The first-order valence-corrected chi connectivity index (χ1v) is 8.16. The van der Waals surface area contributed by atoms with Crippen LogP contribution in [0, 0.1) is 11.7 Å². The molecule has 6 nitrogen and oxygen atoms in total. The van der Waals surface area contributed by atoms with Gasteiger partial charge < -0.3 is 11.1 Å². The summed E-state index contributed by atoms with van der Waals surface area (Å²) in [6.07, 6.45) is 4.91. The summed E-state index contributed by atoms with van der Waals surface area (Å²) in [5.41, 5.74) is 5.77. The Bertz CT molecular complexity index is 688. The molecule has 1 aliphatic carbocycles. The molecule has 1 aromatic rings. The van der Waals surface area contributed by atoms with Crippen LogP contribution in [0.1, 0.15) is 6.42 Å². The molecule has 0 aliphatic heterocycles. The van der Waals surface area contributed by atoms with Crippen molar-refractivity contribution < 1.29 is 17.6 Å². The Kier molecular flexibility index (Phi) is 4.29. The second-order valence-electron chi connectivity index (χ2n) is 4.95. The molecule has 0 bridgehead atoms. The van der Waals surface area contributed by atoms with E-state index >= 15 is 0 Å². The van der Waals surface area contributed by atoms with Crippen molar-refractivity contribution in [3.8, 4) is 0 Å². The Balaban J connectivity index is 2.12. The molecule has 0 aromatic heterocycles. The average Bonchev–Trinajstić information content (AvgIpc) is 2.78. The standard InChI is InChI=1S/C13H16FN3O3S/c1-21(19,20)17-12-7-10(4-5-11(12)14)16-13(18)8-2-3-9(15)6-8/h2-5,7-9,17H,6,15H2,1H3,(H,16,18). The van der Waals surface area contributed by atoms with Gasteiger partial charge in [-0.25, -0.2) is 12.8 Å². The number of anilines is 2. The minimum Gasteiger partial charge on any atom is -0.326 e. The van der Waals surface area contributed by atoms with E-state index in [4.69, 9.17) is 5.73 Å². The highest BCUT2D eigenvalue weighted by Crippen LogP contribution is 2.23. The lowest BCUT2D eigenvalue weighted by Gasteiger charge is -2.12. The molecule has 2 atom stereocenters. The molecule has 8 heteroatoms. The first kappa shape index (κ1) is 15.5. The van der Waals surface area contributed by atoms with Crippen LogP contribution in [0.15, 0.2) is 30.4 Å². The van der Waals surface area contributed by atoms with Gasteiger partial charge in [-0.05, 0) is 24.6 Å². The highest BCUT2D eigenvalue weighted by atomic mass is 32.2. The Labute approximate surface area is 122 Å². The average molecular weight is 313 g/mol. The number of amides is 1. The molecular weight excluding hydrogens is 297 g/mol. The van der Waals surface area contributed by atoms with Crippen molar-refractivity contribution in [2.24, 2.45) is 11.7 Å². The number of hydrogen-bond donors (Lipinski definition) is 3. The van der Waals surface area contributed by atoms with Crippen molar-refractivity contribution in [1.29, 1.82) is 0 Å². The zero-order chi connectivity index (χ0) is 15.6. The van der Waals surface area contributed by atoms with Crippen LogP contribution in [0.2, 0.25) is 0 Å². The molecule has 0 saturated carbocycles. The topological polar surface area (TPSA) is 101 Å². The van der Waals surface area contributed by atoms with Crippen LogP contribution < -0.4 is 15.8 Å². The molecule has 1 amide bonds. The van der Waals surface area contributed by atoms with Crippen molar-refractivity contribution >= 4 is 27.3 Å². The molecule has 2 rings (SSSR count). The number of carbonyl (C=O) groups is 1. The molecule has 0 fully saturated rings. The molecule has 1 aliphatic rings. The lowest BCUT2D eigenvalue weighted by atomic mass is 10.1. The zero-order valence-electron chi connectivity index (χ0n) is 11.3. The van der Waals surface area contributed by atoms with E-state index in [9.17, 15) is 17.6 Å². The number of nitrogens with one attached hydrogen (secondary N) is 2. The van der Waals surface area contributed by atoms with Gasteiger partial charge in [0.25, 0.3) is 0 Å². The van der Waals surface area contributed by atoms with Crippen molar-refractivity contribution in [1.82, 2.24) is 0 Å². The number of nitrogens with two attached hydrogens (primary N) is 1. The maximum Gasteiger partial charge on any atom is 0.231 e. The Morgan fingerprint density at radius 2 is 2.10 bits per heavy atom. The zero-order valence-corrected chi connectivity index (χ0v) is 12.2. The molecule has 0 heterocycles. The normalized spacial score (nSPS) is 21.3. The smallest absolute Gasteiger partial charge is 0.231 e. The maximum atomic E-state index is 13.5. The Morgan fingerprint density at radius 1 is 1.38 bits per heavy atom. The van der Waals surface area contributed by atoms with Crippen molar-refractivity contribution in [3.05, 3.63) is 36.2 Å². The van der Waals surface area contributed by atoms with E-state index in [1.807, 2.05) is 0 Å². The summed E-state index contributed by atoms with van der Waals surface area (Å²) in [4.78, 5) is 12.0. The highest BCUT2D eigenvalue weighted by Gasteiger charge is 2.23. The Hall–Kier alpha value is -1.93. The van der Waals surface area contributed by atoms with Crippen molar-refractivity contribution in [2.75, 3.05) is 16.3 Å². The van der Waals surface area contributed by atoms with Crippen LogP contribution in [0.4, 0.5) is 15.8 Å². The van der Waals surface area contributed by atoms with Crippen molar-refractivity contribution in [2.45, 2.75) is 12.5 Å². The predicted octanol–water partition coefficient (Wildman–Crippen LogP) is 1.04. The molecule has 0 spiro atoms. The van der Waals surface area contributed by atoms with E-state index in [1.165, 1.54) is 12.1 Å². The summed E-state index contributed by atoms with van der Waals surface area (Å²) in [5.74, 6) is -1.33. The third-order valence-electron chi connectivity index (χ3n) is 2.98. The van der Waals surface area contributed by atoms with Gasteiger partial charge in [-0.15, -0.1) is 0 Å². The summed E-state index contributed by atoms with van der Waals surface area (Å²) in [6.45, 7) is 0. The molecular formula is C13H16FN3O3S. The number of hydrogen-bond acceptors (Lipinski definition) is 4. The second kappa shape index (κ2) is 5.82. The van der Waals surface area contributed by atoms with Gasteiger partial charge in [0.15, 0.2) is 0 Å². The number of halogens is 1. The lowest BCUT2D eigenvalue weighted by Crippen LogP contribution is -2.24. The van der Waals surface area contributed by atoms with Crippen LogP contribution in [-0.2, 0) is 14.8 Å². The molecule has 114 valence electrons. The second-order valence-corrected chi connectivity index (χ2v) is 6.70. The van der Waals surface area contributed by atoms with Crippen LogP contribution in [-0.4, -0.2) is 26.6 Å². The van der Waals surface area contributed by atoms with Gasteiger partial charge >= 0.3 is 0 Å². The predicted molar refractivity (Wildman–Crippen MR) is 78.7 cm³/mol. The van der Waals surface area contributed by atoms with Crippen LogP contribution in [0.3, 0.4) is 0 Å². The quantitative estimate of drug-likeness (QED) is 0.723. The first-order valence-electron chi connectivity index (χ1n) is 6.27. The third-order valence-corrected chi connectivity index (χ3v) is 3.57. The van der Waals surface area contributed by atoms with Crippen molar-refractivity contribution in [3.63, 3.8) is 0 Å². The Morgan fingerprint density at radius 3 is 2.67 bits per heavy atom. The monoisotopic (exact) mass is 313 g/mol. The first-order chi connectivity index (χ1) is 9.74. The van der Waals surface area contributed by atoms with E-state index in [0.29, 0.717) is 12.1 Å². The number of sulfonamides is 1. The summed E-state index contributed by atoms with van der Waals surface area (Å²) in [6, 6.07) is 3.53. The fraction of sp³-hybridized carbons (Fsp3) is 0.308. The molecule has 21 heavy (non-hydrogen) atoms. The number of carbonyl (C=O) groups excluding carboxylic acids is 1. The van der Waals surface area contributed by atoms with Gasteiger partial charge in [-0.3, -0.25) is 9.52 Å². The van der Waals surface area contributed by atoms with E-state index in [-0.39, 0.29) is 23.6 Å². The molecule has 2 unspecified atom stereocenters. The van der Waals surface area contributed by atoms with Gasteiger partial charge in [-0.1, -0.05) is 12.2 Å².